The first-order chi connectivity index (χ1) is 7.89. The van der Waals surface area contributed by atoms with E-state index in [4.69, 9.17) is 16.3 Å². The number of morpholine rings is 1. The van der Waals surface area contributed by atoms with E-state index in [2.05, 4.69) is 10.2 Å². The summed E-state index contributed by atoms with van der Waals surface area (Å²) in [5.41, 5.74) is 0.0450. The van der Waals surface area contributed by atoms with Gasteiger partial charge in [-0.15, -0.1) is 0 Å². The number of rotatable bonds is 1. The Morgan fingerprint density at radius 3 is 3.00 bits per heavy atom. The summed E-state index contributed by atoms with van der Waals surface area (Å²) < 4.78 is 5.80. The molecule has 5 nitrogen and oxygen atoms in total. The molecule has 1 aromatic heterocycles. The molecule has 6 heteroatoms. The van der Waals surface area contributed by atoms with Crippen molar-refractivity contribution in [1.82, 2.24) is 10.2 Å². The molecule has 94 valence electrons. The second-order valence-electron chi connectivity index (χ2n) is 4.97. The number of anilines is 1. The van der Waals surface area contributed by atoms with Crippen LogP contribution in [0.5, 0.6) is 0 Å². The van der Waals surface area contributed by atoms with Crippen LogP contribution < -0.4 is 10.5 Å². The second kappa shape index (κ2) is 4.31. The van der Waals surface area contributed by atoms with Crippen molar-refractivity contribution in [2.24, 2.45) is 0 Å². The van der Waals surface area contributed by atoms with Gasteiger partial charge in [-0.25, -0.2) is 5.10 Å². The van der Waals surface area contributed by atoms with E-state index in [9.17, 15) is 4.79 Å². The number of hydrogen-bond donors (Lipinski definition) is 1. The zero-order chi connectivity index (χ0) is 12.6. The van der Waals surface area contributed by atoms with Crippen molar-refractivity contribution < 1.29 is 4.74 Å². The van der Waals surface area contributed by atoms with Crippen LogP contribution in [0.15, 0.2) is 11.0 Å². The molecule has 1 aliphatic heterocycles. The Kier molecular flexibility index (Phi) is 3.14. The minimum absolute atomic E-state index is 0.0918. The second-order valence-corrected chi connectivity index (χ2v) is 5.34. The molecule has 0 bridgehead atoms. The fraction of sp³-hybridized carbons (Fsp3) is 0.636. The predicted molar refractivity (Wildman–Crippen MR) is 66.7 cm³/mol. The maximum absolute atomic E-state index is 11.4. The molecule has 0 aliphatic carbocycles. The summed E-state index contributed by atoms with van der Waals surface area (Å²) in [6.07, 6.45) is 1.67. The lowest BCUT2D eigenvalue weighted by molar-refractivity contribution is -0.0749. The Labute approximate surface area is 105 Å². The molecule has 1 atom stereocenters. The van der Waals surface area contributed by atoms with Crippen LogP contribution >= 0.6 is 11.6 Å². The Hall–Kier alpha value is -1.07. The average molecular weight is 258 g/mol. The van der Waals surface area contributed by atoms with Crippen LogP contribution in [0, 0.1) is 0 Å². The lowest BCUT2D eigenvalue weighted by atomic mass is 10.1. The van der Waals surface area contributed by atoms with Crippen LogP contribution in [0.4, 0.5) is 5.69 Å². The molecule has 0 saturated carbocycles. The number of aromatic nitrogens is 2. The lowest BCUT2D eigenvalue weighted by Gasteiger charge is -2.42. The SMILES string of the molecule is C[C@@H]1CN(c2cn[nH]c(=O)c2Cl)CC(C)(C)O1. The first-order valence-electron chi connectivity index (χ1n) is 5.55. The van der Waals surface area contributed by atoms with Crippen LogP contribution in [-0.2, 0) is 4.74 Å². The Balaban J connectivity index is 2.33. The Morgan fingerprint density at radius 1 is 1.65 bits per heavy atom. The third kappa shape index (κ3) is 2.61. The van der Waals surface area contributed by atoms with Gasteiger partial charge in [-0.2, -0.15) is 5.10 Å². The van der Waals surface area contributed by atoms with E-state index in [-0.39, 0.29) is 22.3 Å². The summed E-state index contributed by atoms with van der Waals surface area (Å²) >= 11 is 6.00. The molecule has 1 aromatic rings. The van der Waals surface area contributed by atoms with Crippen molar-refractivity contribution in [1.29, 1.82) is 0 Å². The molecule has 0 radical (unpaired) electrons. The van der Waals surface area contributed by atoms with E-state index in [1.54, 1.807) is 6.20 Å². The molecule has 1 N–H and O–H groups in total. The van der Waals surface area contributed by atoms with Crippen molar-refractivity contribution in [3.05, 3.63) is 21.6 Å². The zero-order valence-corrected chi connectivity index (χ0v) is 10.9. The molecule has 1 fully saturated rings. The smallest absolute Gasteiger partial charge is 0.285 e. The van der Waals surface area contributed by atoms with Gasteiger partial charge in [0.15, 0.2) is 0 Å². The van der Waals surface area contributed by atoms with Crippen LogP contribution in [0.3, 0.4) is 0 Å². The molecule has 0 unspecified atom stereocenters. The van der Waals surface area contributed by atoms with Crippen molar-refractivity contribution in [3.63, 3.8) is 0 Å². The van der Waals surface area contributed by atoms with Gasteiger partial charge in [0.2, 0.25) is 0 Å². The molecule has 2 rings (SSSR count). The van der Waals surface area contributed by atoms with E-state index < -0.39 is 0 Å². The number of H-pyrrole nitrogens is 1. The standard InChI is InChI=1S/C11H16ClN3O2/c1-7-5-15(6-11(2,3)17-7)8-4-13-14-10(16)9(8)12/h4,7H,5-6H2,1-3H3,(H,14,16)/t7-/m1/s1. The molecule has 1 saturated heterocycles. The molecular formula is C11H16ClN3O2. The predicted octanol–water partition coefficient (Wildman–Crippen LogP) is 1.43. The molecule has 0 spiro atoms. The van der Waals surface area contributed by atoms with Gasteiger partial charge in [-0.3, -0.25) is 4.79 Å². The zero-order valence-electron chi connectivity index (χ0n) is 10.2. The maximum atomic E-state index is 11.4. The first kappa shape index (κ1) is 12.4. The van der Waals surface area contributed by atoms with Crippen molar-refractivity contribution in [2.45, 2.75) is 32.5 Å². The lowest BCUT2D eigenvalue weighted by Crippen LogP contribution is -2.52. The quantitative estimate of drug-likeness (QED) is 0.827. The van der Waals surface area contributed by atoms with Gasteiger partial charge < -0.3 is 9.64 Å². The minimum atomic E-state index is -0.360. The third-order valence-electron chi connectivity index (χ3n) is 2.69. The van der Waals surface area contributed by atoms with Gasteiger partial charge in [0.25, 0.3) is 5.56 Å². The van der Waals surface area contributed by atoms with Gasteiger partial charge >= 0.3 is 0 Å². The molecule has 0 aromatic carbocycles. The molecule has 2 heterocycles. The van der Waals surface area contributed by atoms with Crippen LogP contribution in [-0.4, -0.2) is 35.0 Å². The van der Waals surface area contributed by atoms with E-state index in [1.165, 1.54) is 0 Å². The third-order valence-corrected chi connectivity index (χ3v) is 3.05. The highest BCUT2D eigenvalue weighted by molar-refractivity contribution is 6.33. The number of aromatic amines is 1. The van der Waals surface area contributed by atoms with Crippen LogP contribution in [0.25, 0.3) is 0 Å². The van der Waals surface area contributed by atoms with Gasteiger partial charge in [0.05, 0.1) is 23.6 Å². The number of nitrogens with one attached hydrogen (secondary N) is 1. The van der Waals surface area contributed by atoms with Crippen molar-refractivity contribution in [3.8, 4) is 0 Å². The first-order valence-corrected chi connectivity index (χ1v) is 5.93. The number of halogens is 1. The fourth-order valence-electron chi connectivity index (χ4n) is 2.23. The summed E-state index contributed by atoms with van der Waals surface area (Å²) in [5.74, 6) is 0. The summed E-state index contributed by atoms with van der Waals surface area (Å²) in [6, 6.07) is 0. The summed E-state index contributed by atoms with van der Waals surface area (Å²) in [4.78, 5) is 13.5. The maximum Gasteiger partial charge on any atom is 0.285 e. The van der Waals surface area contributed by atoms with Gasteiger partial charge in [0, 0.05) is 13.1 Å². The molecule has 17 heavy (non-hydrogen) atoms. The molecule has 0 amide bonds. The van der Waals surface area contributed by atoms with Gasteiger partial charge in [-0.1, -0.05) is 11.6 Å². The average Bonchev–Trinajstić information content (AvgIpc) is 2.19. The minimum Gasteiger partial charge on any atom is -0.369 e. The highest BCUT2D eigenvalue weighted by atomic mass is 35.5. The van der Waals surface area contributed by atoms with E-state index >= 15 is 0 Å². The number of hydrogen-bond acceptors (Lipinski definition) is 4. The highest BCUT2D eigenvalue weighted by Crippen LogP contribution is 2.28. The van der Waals surface area contributed by atoms with Crippen LogP contribution in [0.2, 0.25) is 5.02 Å². The highest BCUT2D eigenvalue weighted by Gasteiger charge is 2.32. The topological polar surface area (TPSA) is 58.2 Å². The van der Waals surface area contributed by atoms with E-state index in [0.717, 1.165) is 0 Å². The fourth-order valence-corrected chi connectivity index (χ4v) is 2.44. The molecule has 1 aliphatic rings. The summed E-state index contributed by atoms with van der Waals surface area (Å²) in [7, 11) is 0. The van der Waals surface area contributed by atoms with Crippen molar-refractivity contribution >= 4 is 17.3 Å². The number of nitrogens with zero attached hydrogens (tertiary/aromatic N) is 2. The Morgan fingerprint density at radius 2 is 2.35 bits per heavy atom. The van der Waals surface area contributed by atoms with Gasteiger partial charge in [-0.05, 0) is 20.8 Å². The summed E-state index contributed by atoms with van der Waals surface area (Å²) in [6.45, 7) is 7.42. The Bertz CT molecular complexity index is 472. The van der Waals surface area contributed by atoms with E-state index in [1.807, 2.05) is 25.7 Å². The van der Waals surface area contributed by atoms with E-state index in [0.29, 0.717) is 18.8 Å². The summed E-state index contributed by atoms with van der Waals surface area (Å²) in [5, 5.41) is 6.29. The monoisotopic (exact) mass is 257 g/mol. The number of ether oxygens (including phenoxy) is 1. The van der Waals surface area contributed by atoms with Crippen molar-refractivity contribution in [2.75, 3.05) is 18.0 Å². The van der Waals surface area contributed by atoms with Gasteiger partial charge in [0.1, 0.15) is 5.02 Å². The molecular weight excluding hydrogens is 242 g/mol. The van der Waals surface area contributed by atoms with Crippen LogP contribution in [0.1, 0.15) is 20.8 Å². The largest absolute Gasteiger partial charge is 0.369 e. The normalized spacial score (nSPS) is 23.8.